The lowest BCUT2D eigenvalue weighted by Crippen LogP contribution is -2.20. The summed E-state index contributed by atoms with van der Waals surface area (Å²) in [5.74, 6) is 6.96. The molecule has 0 aliphatic rings. The molecule has 0 saturated heterocycles. The van der Waals surface area contributed by atoms with Crippen LogP contribution >= 0.6 is 0 Å². The molecule has 19 heavy (non-hydrogen) atoms. The molecule has 1 aromatic carbocycles. The van der Waals surface area contributed by atoms with Gasteiger partial charge in [0.1, 0.15) is 18.0 Å². The number of nitrogens with zero attached hydrogens (tertiary/aromatic N) is 3. The van der Waals surface area contributed by atoms with Gasteiger partial charge in [-0.3, -0.25) is 0 Å². The van der Waals surface area contributed by atoms with Crippen LogP contribution in [0.15, 0.2) is 30.6 Å². The van der Waals surface area contributed by atoms with Gasteiger partial charge in [-0.15, -0.1) is 0 Å². The fraction of sp³-hybridized carbons (Fsp3) is 0.286. The number of rotatable bonds is 4. The molecule has 0 bridgehead atoms. The summed E-state index contributed by atoms with van der Waals surface area (Å²) in [6.07, 6.45) is 1.52. The highest BCUT2D eigenvalue weighted by Crippen LogP contribution is 2.21. The number of nitrogens with one attached hydrogen (secondary N) is 1. The number of aromatic nitrogens is 2. The van der Waals surface area contributed by atoms with E-state index in [0.29, 0.717) is 5.82 Å². The van der Waals surface area contributed by atoms with E-state index in [9.17, 15) is 0 Å². The molecule has 0 amide bonds. The van der Waals surface area contributed by atoms with Crippen molar-refractivity contribution >= 4 is 11.6 Å². The van der Waals surface area contributed by atoms with Crippen LogP contribution < -0.4 is 16.2 Å². The Labute approximate surface area is 113 Å². The predicted octanol–water partition coefficient (Wildman–Crippen LogP) is 2.02. The molecule has 5 heteroatoms. The zero-order valence-electron chi connectivity index (χ0n) is 11.5. The van der Waals surface area contributed by atoms with Crippen molar-refractivity contribution in [2.24, 2.45) is 5.84 Å². The Bertz CT molecular complexity index is 550. The van der Waals surface area contributed by atoms with Gasteiger partial charge in [0.15, 0.2) is 0 Å². The molecule has 5 nitrogen and oxygen atoms in total. The summed E-state index contributed by atoms with van der Waals surface area (Å²) in [4.78, 5) is 10.5. The van der Waals surface area contributed by atoms with E-state index in [1.165, 1.54) is 17.5 Å². The average Bonchev–Trinajstić information content (AvgIpc) is 2.41. The van der Waals surface area contributed by atoms with Crippen molar-refractivity contribution in [1.82, 2.24) is 9.97 Å². The Morgan fingerprint density at radius 1 is 1.16 bits per heavy atom. The number of hydrogen-bond donors (Lipinski definition) is 2. The van der Waals surface area contributed by atoms with Crippen LogP contribution in [0.3, 0.4) is 0 Å². The minimum absolute atomic E-state index is 0.653. The van der Waals surface area contributed by atoms with Crippen molar-refractivity contribution in [3.05, 3.63) is 47.3 Å². The third-order valence-corrected chi connectivity index (χ3v) is 3.10. The first-order valence-electron chi connectivity index (χ1n) is 6.16. The van der Waals surface area contributed by atoms with Crippen LogP contribution in [-0.4, -0.2) is 17.0 Å². The summed E-state index contributed by atoms with van der Waals surface area (Å²) in [7, 11) is 2.01. The highest BCUT2D eigenvalue weighted by atomic mass is 15.3. The highest BCUT2D eigenvalue weighted by Gasteiger charge is 2.10. The fourth-order valence-electron chi connectivity index (χ4n) is 2.01. The summed E-state index contributed by atoms with van der Waals surface area (Å²) in [5.41, 5.74) is 6.04. The van der Waals surface area contributed by atoms with E-state index in [-0.39, 0.29) is 0 Å². The smallest absolute Gasteiger partial charge is 0.148 e. The molecule has 0 atom stereocenters. The van der Waals surface area contributed by atoms with Gasteiger partial charge in [0.05, 0.1) is 0 Å². The first kappa shape index (κ1) is 13.3. The molecule has 0 unspecified atom stereocenters. The van der Waals surface area contributed by atoms with E-state index in [1.54, 1.807) is 0 Å². The minimum atomic E-state index is 0.653. The largest absolute Gasteiger partial charge is 0.355 e. The second kappa shape index (κ2) is 5.67. The molecule has 0 fully saturated rings. The Kier molecular flexibility index (Phi) is 3.97. The molecule has 0 aliphatic carbocycles. The summed E-state index contributed by atoms with van der Waals surface area (Å²) < 4.78 is 0. The van der Waals surface area contributed by atoms with Gasteiger partial charge >= 0.3 is 0 Å². The van der Waals surface area contributed by atoms with Crippen molar-refractivity contribution in [2.75, 3.05) is 17.4 Å². The van der Waals surface area contributed by atoms with Gasteiger partial charge in [0, 0.05) is 19.2 Å². The number of nitrogens with two attached hydrogens (primary N) is 1. The van der Waals surface area contributed by atoms with Gasteiger partial charge in [-0.05, 0) is 19.4 Å². The maximum Gasteiger partial charge on any atom is 0.148 e. The zero-order chi connectivity index (χ0) is 13.8. The highest BCUT2D eigenvalue weighted by molar-refractivity contribution is 5.57. The lowest BCUT2D eigenvalue weighted by Gasteiger charge is -2.21. The second-order valence-electron chi connectivity index (χ2n) is 4.66. The molecule has 0 spiro atoms. The second-order valence-corrected chi connectivity index (χ2v) is 4.66. The molecule has 100 valence electrons. The first-order valence-corrected chi connectivity index (χ1v) is 6.16. The predicted molar refractivity (Wildman–Crippen MR) is 77.9 cm³/mol. The van der Waals surface area contributed by atoms with E-state index < -0.39 is 0 Å². The van der Waals surface area contributed by atoms with E-state index in [1.807, 2.05) is 14.0 Å². The van der Waals surface area contributed by atoms with Crippen LogP contribution in [0.5, 0.6) is 0 Å². The molecule has 2 aromatic rings. The lowest BCUT2D eigenvalue weighted by atomic mass is 10.1. The van der Waals surface area contributed by atoms with Crippen molar-refractivity contribution in [3.8, 4) is 0 Å². The van der Waals surface area contributed by atoms with Crippen LogP contribution in [0.25, 0.3) is 0 Å². The minimum Gasteiger partial charge on any atom is -0.355 e. The molecule has 2 rings (SSSR count). The van der Waals surface area contributed by atoms with Gasteiger partial charge in [-0.25, -0.2) is 15.8 Å². The monoisotopic (exact) mass is 257 g/mol. The van der Waals surface area contributed by atoms with E-state index >= 15 is 0 Å². The van der Waals surface area contributed by atoms with Gasteiger partial charge in [0.2, 0.25) is 0 Å². The van der Waals surface area contributed by atoms with Gasteiger partial charge < -0.3 is 10.3 Å². The van der Waals surface area contributed by atoms with Crippen LogP contribution in [0.2, 0.25) is 0 Å². The van der Waals surface area contributed by atoms with Crippen molar-refractivity contribution in [3.63, 3.8) is 0 Å². The summed E-state index contributed by atoms with van der Waals surface area (Å²) in [6.45, 7) is 4.83. The zero-order valence-corrected chi connectivity index (χ0v) is 11.5. The Hall–Kier alpha value is -2.14. The van der Waals surface area contributed by atoms with Crippen molar-refractivity contribution < 1.29 is 0 Å². The lowest BCUT2D eigenvalue weighted by molar-refractivity contribution is 0.881. The number of hydrogen-bond acceptors (Lipinski definition) is 5. The Morgan fingerprint density at radius 2 is 1.84 bits per heavy atom. The molecule has 3 N–H and O–H groups in total. The third kappa shape index (κ3) is 3.00. The Morgan fingerprint density at radius 3 is 2.47 bits per heavy atom. The maximum absolute atomic E-state index is 5.43. The summed E-state index contributed by atoms with van der Waals surface area (Å²) in [5, 5.41) is 0. The van der Waals surface area contributed by atoms with Crippen LogP contribution in [-0.2, 0) is 6.54 Å². The molecule has 0 aliphatic heterocycles. The molecular weight excluding hydrogens is 238 g/mol. The summed E-state index contributed by atoms with van der Waals surface area (Å²) >= 11 is 0. The summed E-state index contributed by atoms with van der Waals surface area (Å²) in [6, 6.07) is 8.49. The topological polar surface area (TPSA) is 67.1 Å². The van der Waals surface area contributed by atoms with E-state index in [0.717, 1.165) is 17.9 Å². The molecule has 1 aromatic heterocycles. The number of anilines is 2. The number of aryl methyl sites for hydroxylation is 1. The van der Waals surface area contributed by atoms with Gasteiger partial charge in [-0.2, -0.15) is 0 Å². The number of benzene rings is 1. The first-order chi connectivity index (χ1) is 9.11. The molecule has 0 saturated carbocycles. The Balaban J connectivity index is 2.20. The number of hydrazine groups is 1. The van der Waals surface area contributed by atoms with Crippen LogP contribution in [0, 0.1) is 13.8 Å². The van der Waals surface area contributed by atoms with Crippen LogP contribution in [0.1, 0.15) is 16.7 Å². The van der Waals surface area contributed by atoms with E-state index in [2.05, 4.69) is 51.5 Å². The normalized spacial score (nSPS) is 10.3. The molecule has 0 radical (unpaired) electrons. The quantitative estimate of drug-likeness (QED) is 0.648. The number of nitrogen functional groups attached to an aromatic ring is 1. The SMILES string of the molecule is Cc1ccc(CN(C)c2ncnc(NN)c2C)cc1. The van der Waals surface area contributed by atoms with Crippen molar-refractivity contribution in [2.45, 2.75) is 20.4 Å². The standard InChI is InChI=1S/C14H19N5/c1-10-4-6-12(7-5-10)8-19(3)14-11(2)13(18-15)16-9-17-14/h4-7,9H,8,15H2,1-3H3,(H,16,17,18). The molecular formula is C14H19N5. The maximum atomic E-state index is 5.43. The molecule has 1 heterocycles. The van der Waals surface area contributed by atoms with Gasteiger partial charge in [-0.1, -0.05) is 29.8 Å². The average molecular weight is 257 g/mol. The van der Waals surface area contributed by atoms with E-state index in [4.69, 9.17) is 5.84 Å². The van der Waals surface area contributed by atoms with Crippen LogP contribution in [0.4, 0.5) is 11.6 Å². The third-order valence-electron chi connectivity index (χ3n) is 3.10. The van der Waals surface area contributed by atoms with Gasteiger partial charge in [0.25, 0.3) is 0 Å². The fourth-order valence-corrected chi connectivity index (χ4v) is 2.01. The van der Waals surface area contributed by atoms with Crippen molar-refractivity contribution in [1.29, 1.82) is 0 Å².